The van der Waals surface area contributed by atoms with Crippen molar-refractivity contribution in [3.05, 3.63) is 47.6 Å². The Hall–Kier alpha value is -1.62. The molecule has 0 saturated carbocycles. The van der Waals surface area contributed by atoms with Gasteiger partial charge in [-0.05, 0) is 24.6 Å². The van der Waals surface area contributed by atoms with Crippen molar-refractivity contribution in [1.82, 2.24) is 0 Å². The highest BCUT2D eigenvalue weighted by molar-refractivity contribution is 5.58. The molecule has 0 fully saturated rings. The van der Waals surface area contributed by atoms with E-state index in [0.29, 0.717) is 5.56 Å². The monoisotopic (exact) mass is 248 g/mol. The fraction of sp³-hybridized carbons (Fsp3) is 0.286. The average Bonchev–Trinajstić information content (AvgIpc) is 2.31. The van der Waals surface area contributed by atoms with E-state index < -0.39 is 12.2 Å². The molecule has 1 aromatic rings. The number of aliphatic hydroxyl groups is 1. The first kappa shape index (κ1) is 12.8. The molecule has 1 aliphatic heterocycles. The summed E-state index contributed by atoms with van der Waals surface area (Å²) in [5, 5.41) is 19.5. The van der Waals surface area contributed by atoms with Gasteiger partial charge in [0.05, 0.1) is 0 Å². The number of benzene rings is 1. The molecule has 1 aromatic carbocycles. The summed E-state index contributed by atoms with van der Waals surface area (Å²) in [6, 6.07) is 5.24. The van der Waals surface area contributed by atoms with E-state index in [1.807, 2.05) is 19.1 Å². The van der Waals surface area contributed by atoms with Crippen LogP contribution < -0.4 is 0 Å². The van der Waals surface area contributed by atoms with Crippen molar-refractivity contribution in [1.29, 1.82) is 0 Å². The van der Waals surface area contributed by atoms with E-state index in [2.05, 4.69) is 0 Å². The van der Waals surface area contributed by atoms with Gasteiger partial charge >= 0.3 is 0 Å². The molecule has 1 heterocycles. The van der Waals surface area contributed by atoms with Gasteiger partial charge in [-0.25, -0.2) is 9.78 Å². The number of rotatable bonds is 2. The number of allylic oxidation sites excluding steroid dienone is 1. The van der Waals surface area contributed by atoms with Gasteiger partial charge in [-0.2, -0.15) is 0 Å². The van der Waals surface area contributed by atoms with Crippen LogP contribution in [-0.2, 0) is 16.4 Å². The van der Waals surface area contributed by atoms with Crippen LogP contribution in [0.15, 0.2) is 36.4 Å². The molecule has 4 nitrogen and oxygen atoms in total. The standard InChI is InChI=1S/C14H16O4/c1-2-4-13(16)14-8-7-10-5-3-6-12(15)11(10)9-17-18-14/h2-8,13-16H,9H2,1H3/b4-2+,8-7-/t13-,14-/m0/s1. The Morgan fingerprint density at radius 1 is 1.44 bits per heavy atom. The Kier molecular flexibility index (Phi) is 4.15. The molecule has 0 aromatic heterocycles. The zero-order valence-corrected chi connectivity index (χ0v) is 10.1. The molecule has 0 bridgehead atoms. The van der Waals surface area contributed by atoms with Crippen LogP contribution in [0.5, 0.6) is 5.75 Å². The molecule has 0 spiro atoms. The van der Waals surface area contributed by atoms with Crippen LogP contribution in [0.25, 0.3) is 6.08 Å². The van der Waals surface area contributed by atoms with Gasteiger partial charge in [0.25, 0.3) is 0 Å². The van der Waals surface area contributed by atoms with Crippen LogP contribution in [0, 0.1) is 0 Å². The highest BCUT2D eigenvalue weighted by Gasteiger charge is 2.18. The van der Waals surface area contributed by atoms with Gasteiger partial charge < -0.3 is 10.2 Å². The molecule has 2 rings (SSSR count). The van der Waals surface area contributed by atoms with Crippen molar-refractivity contribution in [3.8, 4) is 5.75 Å². The highest BCUT2D eigenvalue weighted by atomic mass is 17.2. The van der Waals surface area contributed by atoms with Crippen LogP contribution in [0.3, 0.4) is 0 Å². The lowest BCUT2D eigenvalue weighted by atomic mass is 10.0. The predicted molar refractivity (Wildman–Crippen MR) is 67.6 cm³/mol. The lowest BCUT2D eigenvalue weighted by molar-refractivity contribution is -0.332. The summed E-state index contributed by atoms with van der Waals surface area (Å²) < 4.78 is 0. The molecule has 0 unspecified atom stereocenters. The SMILES string of the molecule is C/C=C/[C@H](O)[C@@H]1/C=C\c2cccc(O)c2COO1. The van der Waals surface area contributed by atoms with Crippen LogP contribution in [0.4, 0.5) is 0 Å². The zero-order chi connectivity index (χ0) is 13.0. The summed E-state index contributed by atoms with van der Waals surface area (Å²) in [5.41, 5.74) is 1.53. The van der Waals surface area contributed by atoms with Crippen LogP contribution in [0.2, 0.25) is 0 Å². The van der Waals surface area contributed by atoms with Gasteiger partial charge in [0, 0.05) is 5.56 Å². The zero-order valence-electron chi connectivity index (χ0n) is 10.1. The molecule has 0 amide bonds. The summed E-state index contributed by atoms with van der Waals surface area (Å²) >= 11 is 0. The second-order valence-corrected chi connectivity index (χ2v) is 4.04. The van der Waals surface area contributed by atoms with Gasteiger partial charge in [-0.3, -0.25) is 0 Å². The first-order chi connectivity index (χ1) is 8.72. The maximum Gasteiger partial charge on any atom is 0.141 e. The Morgan fingerprint density at radius 3 is 3.06 bits per heavy atom. The minimum atomic E-state index is -0.759. The lowest BCUT2D eigenvalue weighted by Gasteiger charge is -2.19. The van der Waals surface area contributed by atoms with Gasteiger partial charge in [-0.1, -0.05) is 30.4 Å². The average molecular weight is 248 g/mol. The number of aliphatic hydroxyl groups excluding tert-OH is 1. The van der Waals surface area contributed by atoms with Crippen LogP contribution in [0.1, 0.15) is 18.1 Å². The van der Waals surface area contributed by atoms with E-state index in [4.69, 9.17) is 9.78 Å². The number of phenols is 1. The number of aromatic hydroxyl groups is 1. The summed E-state index contributed by atoms with van der Waals surface area (Å²) in [6.45, 7) is 1.97. The summed E-state index contributed by atoms with van der Waals surface area (Å²) in [4.78, 5) is 10.2. The smallest absolute Gasteiger partial charge is 0.141 e. The van der Waals surface area contributed by atoms with Gasteiger partial charge in [-0.15, -0.1) is 0 Å². The quantitative estimate of drug-likeness (QED) is 0.622. The second-order valence-electron chi connectivity index (χ2n) is 4.04. The Balaban J connectivity index is 2.26. The van der Waals surface area contributed by atoms with Crippen LogP contribution in [-0.4, -0.2) is 22.4 Å². The van der Waals surface area contributed by atoms with Crippen molar-refractivity contribution < 1.29 is 20.0 Å². The van der Waals surface area contributed by atoms with Crippen molar-refractivity contribution >= 4 is 6.08 Å². The fourth-order valence-electron chi connectivity index (χ4n) is 1.78. The molecule has 0 aliphatic carbocycles. The molecule has 18 heavy (non-hydrogen) atoms. The molecule has 2 atom stereocenters. The van der Waals surface area contributed by atoms with E-state index in [1.165, 1.54) is 0 Å². The van der Waals surface area contributed by atoms with Crippen molar-refractivity contribution in [3.63, 3.8) is 0 Å². The summed E-state index contributed by atoms with van der Waals surface area (Å²) in [5.74, 6) is 0.174. The lowest BCUT2D eigenvalue weighted by Crippen LogP contribution is -2.26. The Labute approximate surface area is 106 Å². The molecule has 0 saturated heterocycles. The largest absolute Gasteiger partial charge is 0.508 e. The maximum atomic E-state index is 9.80. The van der Waals surface area contributed by atoms with E-state index in [-0.39, 0.29) is 12.4 Å². The topological polar surface area (TPSA) is 58.9 Å². The van der Waals surface area contributed by atoms with Crippen molar-refractivity contribution in [2.24, 2.45) is 0 Å². The highest BCUT2D eigenvalue weighted by Crippen LogP contribution is 2.25. The molecular weight excluding hydrogens is 232 g/mol. The fourth-order valence-corrected chi connectivity index (χ4v) is 1.78. The van der Waals surface area contributed by atoms with Gasteiger partial charge in [0.1, 0.15) is 24.6 Å². The molecule has 96 valence electrons. The minimum absolute atomic E-state index is 0.144. The third-order valence-electron chi connectivity index (χ3n) is 2.76. The summed E-state index contributed by atoms with van der Waals surface area (Å²) in [6.07, 6.45) is 5.59. The normalized spacial score (nSPS) is 23.1. The number of phenolic OH excluding ortho intramolecular Hbond substituents is 1. The third kappa shape index (κ3) is 2.79. The van der Waals surface area contributed by atoms with Crippen LogP contribution >= 0.6 is 0 Å². The van der Waals surface area contributed by atoms with E-state index in [0.717, 1.165) is 5.56 Å². The number of hydrogen-bond donors (Lipinski definition) is 2. The molecular formula is C14H16O4. The Bertz CT molecular complexity index is 465. The van der Waals surface area contributed by atoms with E-state index >= 15 is 0 Å². The molecule has 4 heteroatoms. The maximum absolute atomic E-state index is 9.80. The van der Waals surface area contributed by atoms with E-state index in [9.17, 15) is 10.2 Å². The van der Waals surface area contributed by atoms with E-state index in [1.54, 1.807) is 30.4 Å². The Morgan fingerprint density at radius 2 is 2.28 bits per heavy atom. The van der Waals surface area contributed by atoms with Crippen molar-refractivity contribution in [2.75, 3.05) is 0 Å². The third-order valence-corrected chi connectivity index (χ3v) is 2.76. The minimum Gasteiger partial charge on any atom is -0.508 e. The first-order valence-corrected chi connectivity index (χ1v) is 5.80. The molecule has 0 radical (unpaired) electrons. The van der Waals surface area contributed by atoms with Crippen molar-refractivity contribution in [2.45, 2.75) is 25.7 Å². The molecule has 2 N–H and O–H groups in total. The molecule has 1 aliphatic rings. The second kappa shape index (κ2) is 5.82. The number of fused-ring (bicyclic) bond motifs is 1. The first-order valence-electron chi connectivity index (χ1n) is 5.80. The number of hydrogen-bond acceptors (Lipinski definition) is 4. The predicted octanol–water partition coefficient (Wildman–Crippen LogP) is 2.17. The van der Waals surface area contributed by atoms with Gasteiger partial charge in [0.2, 0.25) is 0 Å². The summed E-state index contributed by atoms with van der Waals surface area (Å²) in [7, 11) is 0. The van der Waals surface area contributed by atoms with Gasteiger partial charge in [0.15, 0.2) is 0 Å².